The lowest BCUT2D eigenvalue weighted by Gasteiger charge is -2.09. The summed E-state index contributed by atoms with van der Waals surface area (Å²) < 4.78 is 5.58. The van der Waals surface area contributed by atoms with Crippen molar-refractivity contribution in [2.45, 2.75) is 6.92 Å². The molecule has 0 bridgehead atoms. The van der Waals surface area contributed by atoms with E-state index in [0.717, 1.165) is 38.8 Å². The maximum absolute atomic E-state index is 6.38. The number of rotatable bonds is 6. The molecular formula is C26H19Cl2N5O. The lowest BCUT2D eigenvalue weighted by Crippen LogP contribution is -2.00. The van der Waals surface area contributed by atoms with Gasteiger partial charge in [0, 0.05) is 26.9 Å². The number of hydrazone groups is 1. The van der Waals surface area contributed by atoms with Gasteiger partial charge in [-0.3, -0.25) is 0 Å². The third kappa shape index (κ3) is 4.64. The van der Waals surface area contributed by atoms with Crippen molar-refractivity contribution in [2.24, 2.45) is 5.10 Å². The van der Waals surface area contributed by atoms with Crippen LogP contribution in [0, 0.1) is 0 Å². The molecule has 0 aliphatic rings. The zero-order valence-electron chi connectivity index (χ0n) is 18.2. The molecule has 6 nitrogen and oxygen atoms in total. The van der Waals surface area contributed by atoms with Crippen LogP contribution in [0.4, 0.5) is 5.95 Å². The molecule has 5 rings (SSSR count). The summed E-state index contributed by atoms with van der Waals surface area (Å²) >= 11 is 12.6. The lowest BCUT2D eigenvalue weighted by molar-refractivity contribution is 0.340. The van der Waals surface area contributed by atoms with Gasteiger partial charge in [0.25, 0.3) is 0 Å². The normalized spacial score (nSPS) is 11.4. The average molecular weight is 488 g/mol. The summed E-state index contributed by atoms with van der Waals surface area (Å²) in [4.78, 5) is 13.7. The van der Waals surface area contributed by atoms with Gasteiger partial charge in [-0.15, -0.1) is 0 Å². The van der Waals surface area contributed by atoms with Gasteiger partial charge < -0.3 is 4.74 Å². The average Bonchev–Trinajstić information content (AvgIpc) is 2.85. The number of ether oxygens (including phenoxy) is 1. The molecule has 0 atom stereocenters. The number of fused-ring (bicyclic) bond motifs is 2. The molecule has 0 spiro atoms. The first kappa shape index (κ1) is 22.1. The maximum Gasteiger partial charge on any atom is 0.244 e. The second kappa shape index (κ2) is 9.63. The van der Waals surface area contributed by atoms with E-state index < -0.39 is 0 Å². The first-order valence-corrected chi connectivity index (χ1v) is 11.4. The number of hydrogen-bond donors (Lipinski definition) is 1. The number of halogens is 2. The Bertz CT molecular complexity index is 1520. The summed E-state index contributed by atoms with van der Waals surface area (Å²) in [5.41, 5.74) is 6.83. The fraction of sp³-hybridized carbons (Fsp3) is 0.0769. The van der Waals surface area contributed by atoms with E-state index in [1.165, 1.54) is 0 Å². The predicted molar refractivity (Wildman–Crippen MR) is 139 cm³/mol. The Morgan fingerprint density at radius 3 is 2.56 bits per heavy atom. The second-order valence-electron chi connectivity index (χ2n) is 7.45. The lowest BCUT2D eigenvalue weighted by atomic mass is 10.1. The van der Waals surface area contributed by atoms with Crippen molar-refractivity contribution in [3.63, 3.8) is 0 Å². The molecule has 0 aliphatic heterocycles. The van der Waals surface area contributed by atoms with Gasteiger partial charge in [-0.2, -0.15) is 5.10 Å². The van der Waals surface area contributed by atoms with E-state index in [1.807, 2.05) is 73.7 Å². The topological polar surface area (TPSA) is 72.3 Å². The Morgan fingerprint density at radius 1 is 0.912 bits per heavy atom. The molecule has 0 aliphatic carbocycles. The van der Waals surface area contributed by atoms with Crippen LogP contribution in [-0.4, -0.2) is 27.8 Å². The van der Waals surface area contributed by atoms with Gasteiger partial charge in [0.2, 0.25) is 5.95 Å². The number of pyridine rings is 1. The summed E-state index contributed by atoms with van der Waals surface area (Å²) in [5.74, 6) is 1.13. The highest BCUT2D eigenvalue weighted by molar-refractivity contribution is 6.32. The Hall–Kier alpha value is -3.74. The molecule has 0 unspecified atom stereocenters. The largest absolute Gasteiger partial charge is 0.494 e. The van der Waals surface area contributed by atoms with Crippen molar-refractivity contribution >= 4 is 57.2 Å². The monoisotopic (exact) mass is 487 g/mol. The number of anilines is 1. The second-order valence-corrected chi connectivity index (χ2v) is 8.24. The number of hydrogen-bond acceptors (Lipinski definition) is 6. The number of benzene rings is 3. The minimum Gasteiger partial charge on any atom is -0.494 e. The van der Waals surface area contributed by atoms with Crippen LogP contribution < -0.4 is 10.2 Å². The van der Waals surface area contributed by atoms with Gasteiger partial charge in [-0.05, 0) is 49.4 Å². The Morgan fingerprint density at radius 2 is 1.74 bits per heavy atom. The summed E-state index contributed by atoms with van der Waals surface area (Å²) in [5, 5.41) is 7.05. The first-order valence-electron chi connectivity index (χ1n) is 10.7. The Kier molecular flexibility index (Phi) is 6.25. The number of nitrogens with zero attached hydrogens (tertiary/aromatic N) is 4. The van der Waals surface area contributed by atoms with E-state index >= 15 is 0 Å². The molecule has 34 heavy (non-hydrogen) atoms. The van der Waals surface area contributed by atoms with Crippen molar-refractivity contribution < 1.29 is 4.74 Å². The van der Waals surface area contributed by atoms with Crippen LogP contribution >= 0.6 is 23.2 Å². The van der Waals surface area contributed by atoms with Gasteiger partial charge in [-0.1, -0.05) is 53.5 Å². The van der Waals surface area contributed by atoms with Crippen LogP contribution in [0.25, 0.3) is 33.1 Å². The summed E-state index contributed by atoms with van der Waals surface area (Å²) in [6, 6.07) is 23.0. The van der Waals surface area contributed by atoms with E-state index in [4.69, 9.17) is 27.9 Å². The third-order valence-corrected chi connectivity index (χ3v) is 5.69. The SMILES string of the molecule is CCOc1ccc2nc(Cl)c(/C=N\Nc3nc(-c4ccccc4)c4cc(Cl)ccc4n3)cc2c1. The van der Waals surface area contributed by atoms with Crippen molar-refractivity contribution in [2.75, 3.05) is 12.0 Å². The molecule has 0 fully saturated rings. The van der Waals surface area contributed by atoms with Gasteiger partial charge in [0.1, 0.15) is 10.9 Å². The van der Waals surface area contributed by atoms with Crippen LogP contribution in [0.3, 0.4) is 0 Å². The molecule has 168 valence electrons. The fourth-order valence-corrected chi connectivity index (χ4v) is 3.99. The van der Waals surface area contributed by atoms with E-state index in [-0.39, 0.29) is 0 Å². The quantitative estimate of drug-likeness (QED) is 0.158. The van der Waals surface area contributed by atoms with Gasteiger partial charge in [0.15, 0.2) is 0 Å². The van der Waals surface area contributed by atoms with E-state index in [9.17, 15) is 0 Å². The molecule has 8 heteroatoms. The molecule has 0 radical (unpaired) electrons. The van der Waals surface area contributed by atoms with Crippen LogP contribution in [0.2, 0.25) is 10.2 Å². The van der Waals surface area contributed by atoms with Crippen LogP contribution in [0.15, 0.2) is 77.9 Å². The molecule has 5 aromatic rings. The molecule has 2 heterocycles. The summed E-state index contributed by atoms with van der Waals surface area (Å²) in [6.07, 6.45) is 1.60. The zero-order valence-corrected chi connectivity index (χ0v) is 19.7. The predicted octanol–water partition coefficient (Wildman–Crippen LogP) is 7.00. The first-order chi connectivity index (χ1) is 16.6. The highest BCUT2D eigenvalue weighted by Gasteiger charge is 2.11. The third-order valence-electron chi connectivity index (χ3n) is 5.15. The van der Waals surface area contributed by atoms with Crippen LogP contribution in [0.1, 0.15) is 12.5 Å². The molecule has 1 N–H and O–H groups in total. The maximum atomic E-state index is 6.38. The van der Waals surface area contributed by atoms with E-state index in [2.05, 4.69) is 25.5 Å². The molecule has 2 aromatic heterocycles. The molecular weight excluding hydrogens is 469 g/mol. The van der Waals surface area contributed by atoms with Crippen LogP contribution in [-0.2, 0) is 0 Å². The molecule has 0 amide bonds. The van der Waals surface area contributed by atoms with Crippen molar-refractivity contribution in [3.05, 3.63) is 88.5 Å². The standard InChI is InChI=1S/C26H19Cl2N5O/c1-2-34-20-9-11-22-17(13-20)12-18(25(28)30-22)15-29-33-26-31-23-10-8-19(27)14-21(23)24(32-26)16-6-4-3-5-7-16/h3-15H,2H2,1H3,(H,31,32,33)/b29-15-. The molecule has 3 aromatic carbocycles. The highest BCUT2D eigenvalue weighted by atomic mass is 35.5. The van der Waals surface area contributed by atoms with E-state index in [1.54, 1.807) is 12.3 Å². The Labute approximate surface area is 206 Å². The molecule has 0 saturated carbocycles. The molecule has 0 saturated heterocycles. The van der Waals surface area contributed by atoms with Crippen LogP contribution in [0.5, 0.6) is 5.75 Å². The minimum atomic E-state index is 0.348. The minimum absolute atomic E-state index is 0.348. The van der Waals surface area contributed by atoms with Gasteiger partial charge in [-0.25, -0.2) is 20.4 Å². The zero-order chi connectivity index (χ0) is 23.5. The highest BCUT2D eigenvalue weighted by Crippen LogP contribution is 2.29. The summed E-state index contributed by atoms with van der Waals surface area (Å²) in [6.45, 7) is 2.54. The van der Waals surface area contributed by atoms with Crippen molar-refractivity contribution in [1.82, 2.24) is 15.0 Å². The smallest absolute Gasteiger partial charge is 0.244 e. The number of aromatic nitrogens is 3. The van der Waals surface area contributed by atoms with E-state index in [0.29, 0.717) is 28.3 Å². The Balaban J connectivity index is 1.48. The van der Waals surface area contributed by atoms with Gasteiger partial charge in [0.05, 0.1) is 29.5 Å². The van der Waals surface area contributed by atoms with Crippen molar-refractivity contribution in [3.8, 4) is 17.0 Å². The van der Waals surface area contributed by atoms with Gasteiger partial charge >= 0.3 is 0 Å². The fourth-order valence-electron chi connectivity index (χ4n) is 3.62. The summed E-state index contributed by atoms with van der Waals surface area (Å²) in [7, 11) is 0. The van der Waals surface area contributed by atoms with Crippen molar-refractivity contribution in [1.29, 1.82) is 0 Å². The number of nitrogens with one attached hydrogen (secondary N) is 1.